The third kappa shape index (κ3) is 6.35. The number of rotatable bonds is 11. The van der Waals surface area contributed by atoms with E-state index in [1.165, 1.54) is 13.0 Å². The molecule has 2 aliphatic rings. The van der Waals surface area contributed by atoms with Crippen molar-refractivity contribution in [3.05, 3.63) is 71.3 Å². The molecule has 1 fully saturated rings. The van der Waals surface area contributed by atoms with Gasteiger partial charge in [-0.05, 0) is 78.8 Å². The SMILES string of the molecule is Cc1ccc(CC(=O)C2(c3ccc4c(c3)OCO4)CC2)cc1-c1ccc(S(=O)(=O)NC(C)(CO)CO)c(OC(F)(F)F)c1.[HH].[HH].[HH]. The summed E-state index contributed by atoms with van der Waals surface area (Å²) in [7, 11) is -4.67. The van der Waals surface area contributed by atoms with Crippen LogP contribution in [0.2, 0.25) is 0 Å². The predicted molar refractivity (Wildman–Crippen MR) is 155 cm³/mol. The van der Waals surface area contributed by atoms with Crippen molar-refractivity contribution in [1.29, 1.82) is 0 Å². The van der Waals surface area contributed by atoms with Gasteiger partial charge in [0.1, 0.15) is 16.4 Å². The van der Waals surface area contributed by atoms with Crippen molar-refractivity contribution >= 4 is 15.8 Å². The summed E-state index contributed by atoms with van der Waals surface area (Å²) < 4.78 is 83.1. The smallest absolute Gasteiger partial charge is 0.454 e. The molecule has 1 aliphatic carbocycles. The van der Waals surface area contributed by atoms with Crippen LogP contribution in [-0.4, -0.2) is 56.3 Å². The number of sulfonamides is 1. The Hall–Kier alpha value is -3.65. The first-order valence-corrected chi connectivity index (χ1v) is 14.9. The van der Waals surface area contributed by atoms with E-state index < -0.39 is 51.2 Å². The second-order valence-corrected chi connectivity index (χ2v) is 12.7. The zero-order valence-corrected chi connectivity index (χ0v) is 24.1. The van der Waals surface area contributed by atoms with Gasteiger partial charge in [-0.3, -0.25) is 4.79 Å². The van der Waals surface area contributed by atoms with Gasteiger partial charge in [0.25, 0.3) is 0 Å². The van der Waals surface area contributed by atoms with E-state index in [-0.39, 0.29) is 28.8 Å². The van der Waals surface area contributed by atoms with Crippen molar-refractivity contribution in [2.24, 2.45) is 0 Å². The summed E-state index contributed by atoms with van der Waals surface area (Å²) in [5.41, 5.74) is 0.479. The van der Waals surface area contributed by atoms with Gasteiger partial charge in [-0.1, -0.05) is 30.3 Å². The number of hydrogen-bond acceptors (Lipinski definition) is 8. The van der Waals surface area contributed by atoms with Crippen LogP contribution in [0, 0.1) is 6.92 Å². The lowest BCUT2D eigenvalue weighted by molar-refractivity contribution is -0.275. The molecule has 5 rings (SSSR count). The first-order chi connectivity index (χ1) is 20.2. The molecular weight excluding hydrogens is 591 g/mol. The Morgan fingerprint density at radius 2 is 1.72 bits per heavy atom. The van der Waals surface area contributed by atoms with E-state index in [0.717, 1.165) is 17.7 Å². The summed E-state index contributed by atoms with van der Waals surface area (Å²) in [4.78, 5) is 12.7. The Kier molecular flexibility index (Phi) is 7.97. The zero-order valence-electron chi connectivity index (χ0n) is 23.3. The summed E-state index contributed by atoms with van der Waals surface area (Å²) in [6.45, 7) is 1.43. The number of carbonyl (C=O) groups excluding carboxylic acids is 1. The standard InChI is InChI=1S/C30H30F3NO8S.3H2/c1-18-3-4-19(12-27(37)29(9-10-29)21-6-7-23-24(14-21)41-17-40-23)11-22(18)20-5-8-26(25(13-20)42-30(31,32)33)43(38,39)34-28(2,15-35)16-36;;;/h3-8,11,13-14,34-36H,9-10,12,15-17H2,1-2H3;3*1H. The number of Topliss-reactive ketones (excluding diaryl/α,β-unsaturated/α-hetero) is 1. The molecule has 3 N–H and O–H groups in total. The van der Waals surface area contributed by atoms with Crippen molar-refractivity contribution in [3.63, 3.8) is 0 Å². The Balaban J connectivity index is 0.00000245. The first-order valence-electron chi connectivity index (χ1n) is 13.4. The topological polar surface area (TPSA) is 131 Å². The molecule has 13 heteroatoms. The highest BCUT2D eigenvalue weighted by atomic mass is 32.2. The molecule has 0 atom stereocenters. The molecule has 0 unspecified atom stereocenters. The number of nitrogens with one attached hydrogen (secondary N) is 1. The minimum absolute atomic E-state index is 0. The van der Waals surface area contributed by atoms with E-state index in [2.05, 4.69) is 4.74 Å². The molecule has 3 aromatic carbocycles. The fraction of sp³-hybridized carbons (Fsp3) is 0.367. The third-order valence-corrected chi connectivity index (χ3v) is 9.40. The largest absolute Gasteiger partial charge is 0.573 e. The van der Waals surface area contributed by atoms with E-state index in [1.54, 1.807) is 31.2 Å². The van der Waals surface area contributed by atoms with Crippen LogP contribution in [0.3, 0.4) is 0 Å². The highest BCUT2D eigenvalue weighted by molar-refractivity contribution is 7.89. The molecule has 1 heterocycles. The van der Waals surface area contributed by atoms with Gasteiger partial charge in [0.2, 0.25) is 16.8 Å². The van der Waals surface area contributed by atoms with E-state index in [1.807, 2.05) is 16.9 Å². The molecule has 0 spiro atoms. The first kappa shape index (κ1) is 30.8. The fourth-order valence-electron chi connectivity index (χ4n) is 5.09. The number of aliphatic hydroxyl groups excluding tert-OH is 2. The Bertz CT molecular complexity index is 1680. The van der Waals surface area contributed by atoms with Crippen LogP contribution in [0.5, 0.6) is 17.2 Å². The molecule has 0 radical (unpaired) electrons. The molecule has 3 aromatic rings. The maximum atomic E-state index is 13.5. The van der Waals surface area contributed by atoms with Crippen LogP contribution in [0.1, 0.15) is 40.7 Å². The number of benzene rings is 3. The molecule has 0 amide bonds. The van der Waals surface area contributed by atoms with Gasteiger partial charge < -0.3 is 24.4 Å². The van der Waals surface area contributed by atoms with Crippen molar-refractivity contribution in [3.8, 4) is 28.4 Å². The molecular formula is C30H36F3NO8S. The Labute approximate surface area is 250 Å². The number of hydrogen-bond donors (Lipinski definition) is 3. The number of alkyl halides is 3. The number of ketones is 1. The summed E-state index contributed by atoms with van der Waals surface area (Å²) in [5, 5.41) is 19.0. The van der Waals surface area contributed by atoms with Gasteiger partial charge in [-0.25, -0.2) is 13.1 Å². The third-order valence-electron chi connectivity index (χ3n) is 7.72. The van der Waals surface area contributed by atoms with Crippen LogP contribution >= 0.6 is 0 Å². The highest BCUT2D eigenvalue weighted by Crippen LogP contribution is 2.51. The molecule has 0 bridgehead atoms. The quantitative estimate of drug-likeness (QED) is 0.274. The van der Waals surface area contributed by atoms with Crippen LogP contribution in [0.4, 0.5) is 13.2 Å². The average molecular weight is 628 g/mol. The predicted octanol–water partition coefficient (Wildman–Crippen LogP) is 4.89. The molecule has 9 nitrogen and oxygen atoms in total. The second kappa shape index (κ2) is 11.1. The normalized spacial score (nSPS) is 15.8. The highest BCUT2D eigenvalue weighted by Gasteiger charge is 2.50. The summed E-state index contributed by atoms with van der Waals surface area (Å²) >= 11 is 0. The summed E-state index contributed by atoms with van der Waals surface area (Å²) in [6.07, 6.45) is -3.78. The monoisotopic (exact) mass is 627 g/mol. The Morgan fingerprint density at radius 1 is 1.02 bits per heavy atom. The number of ether oxygens (including phenoxy) is 3. The second-order valence-electron chi connectivity index (χ2n) is 11.1. The number of fused-ring (bicyclic) bond motifs is 1. The minimum Gasteiger partial charge on any atom is -0.454 e. The Morgan fingerprint density at radius 3 is 2.37 bits per heavy atom. The molecule has 0 saturated heterocycles. The molecule has 1 aliphatic heterocycles. The number of aryl methyl sites for hydroxylation is 1. The van der Waals surface area contributed by atoms with Gasteiger partial charge in [0.05, 0.1) is 24.2 Å². The van der Waals surface area contributed by atoms with Gasteiger partial charge in [0.15, 0.2) is 11.5 Å². The van der Waals surface area contributed by atoms with E-state index in [0.29, 0.717) is 41.0 Å². The molecule has 0 aromatic heterocycles. The van der Waals surface area contributed by atoms with Crippen LogP contribution in [-0.2, 0) is 26.7 Å². The summed E-state index contributed by atoms with van der Waals surface area (Å²) in [6, 6.07) is 13.9. The van der Waals surface area contributed by atoms with E-state index >= 15 is 0 Å². The van der Waals surface area contributed by atoms with Gasteiger partial charge in [-0.15, -0.1) is 13.2 Å². The van der Waals surface area contributed by atoms with E-state index in [9.17, 15) is 36.6 Å². The number of aliphatic hydroxyl groups is 2. The lowest BCUT2D eigenvalue weighted by Gasteiger charge is -2.26. The molecule has 236 valence electrons. The molecule has 43 heavy (non-hydrogen) atoms. The maximum Gasteiger partial charge on any atom is 0.573 e. The molecule has 1 saturated carbocycles. The van der Waals surface area contributed by atoms with Gasteiger partial charge >= 0.3 is 6.36 Å². The van der Waals surface area contributed by atoms with Gasteiger partial charge in [-0.2, -0.15) is 0 Å². The average Bonchev–Trinajstić information content (AvgIpc) is 3.63. The summed E-state index contributed by atoms with van der Waals surface area (Å²) in [5.74, 6) is 0.209. The van der Waals surface area contributed by atoms with Crippen LogP contribution in [0.15, 0.2) is 59.5 Å². The van der Waals surface area contributed by atoms with Crippen LogP contribution in [0.25, 0.3) is 11.1 Å². The fourth-order valence-corrected chi connectivity index (χ4v) is 6.59. The lowest BCUT2D eigenvalue weighted by atomic mass is 9.87. The number of carbonyl (C=O) groups is 1. The van der Waals surface area contributed by atoms with Crippen molar-refractivity contribution in [2.45, 2.75) is 55.3 Å². The minimum atomic E-state index is -5.21. The van der Waals surface area contributed by atoms with Crippen LogP contribution < -0.4 is 18.9 Å². The van der Waals surface area contributed by atoms with Gasteiger partial charge in [0, 0.05) is 10.7 Å². The lowest BCUT2D eigenvalue weighted by Crippen LogP contribution is -2.51. The maximum absolute atomic E-state index is 13.5. The van der Waals surface area contributed by atoms with E-state index in [4.69, 9.17) is 9.47 Å². The zero-order chi connectivity index (χ0) is 31.2. The van der Waals surface area contributed by atoms with Crippen molar-refractivity contribution in [2.75, 3.05) is 20.0 Å². The number of halogens is 3. The van der Waals surface area contributed by atoms with Crippen molar-refractivity contribution < 1.29 is 55.1 Å². The van der Waals surface area contributed by atoms with Crippen molar-refractivity contribution in [1.82, 2.24) is 4.72 Å².